The van der Waals surface area contributed by atoms with Crippen LogP contribution < -0.4 is 5.32 Å². The summed E-state index contributed by atoms with van der Waals surface area (Å²) in [6.07, 6.45) is 5.82. The summed E-state index contributed by atoms with van der Waals surface area (Å²) >= 11 is 1.38. The Kier molecular flexibility index (Phi) is 6.10. The summed E-state index contributed by atoms with van der Waals surface area (Å²) in [5.41, 5.74) is 0. The van der Waals surface area contributed by atoms with E-state index in [1.807, 2.05) is 11.8 Å². The molecule has 2 rings (SSSR count). The number of nitrogens with zero attached hydrogens (tertiary/aromatic N) is 3. The molecule has 0 spiro atoms. The van der Waals surface area contributed by atoms with Crippen molar-refractivity contribution in [1.82, 2.24) is 15.1 Å². The SMILES string of the molecule is CCc1nnc(NC(=O)CCC(=O)N2CCCCCC2)s1. The fraction of sp³-hybridized carbons (Fsp3) is 0.714. The summed E-state index contributed by atoms with van der Waals surface area (Å²) in [7, 11) is 0. The second kappa shape index (κ2) is 8.07. The van der Waals surface area contributed by atoms with Crippen LogP contribution in [0.3, 0.4) is 0 Å². The second-order valence-corrected chi connectivity index (χ2v) is 6.26. The fourth-order valence-electron chi connectivity index (χ4n) is 2.33. The molecule has 1 aromatic rings. The lowest BCUT2D eigenvalue weighted by molar-refractivity contribution is -0.132. The number of amides is 2. The molecule has 0 unspecified atom stereocenters. The van der Waals surface area contributed by atoms with Gasteiger partial charge in [0, 0.05) is 25.9 Å². The van der Waals surface area contributed by atoms with Gasteiger partial charge in [-0.2, -0.15) is 0 Å². The van der Waals surface area contributed by atoms with Crippen LogP contribution in [0.15, 0.2) is 0 Å². The smallest absolute Gasteiger partial charge is 0.226 e. The van der Waals surface area contributed by atoms with Crippen molar-refractivity contribution >= 4 is 28.3 Å². The number of hydrogen-bond donors (Lipinski definition) is 1. The standard InChI is InChI=1S/C14H22N4O2S/c1-2-12-16-17-14(21-12)15-11(19)7-8-13(20)18-9-5-3-4-6-10-18/h2-10H2,1H3,(H,15,17,19). The van der Waals surface area contributed by atoms with Crippen LogP contribution >= 0.6 is 11.3 Å². The molecule has 6 nitrogen and oxygen atoms in total. The van der Waals surface area contributed by atoms with E-state index in [2.05, 4.69) is 15.5 Å². The molecule has 0 atom stereocenters. The van der Waals surface area contributed by atoms with Gasteiger partial charge in [-0.3, -0.25) is 9.59 Å². The average molecular weight is 310 g/mol. The highest BCUT2D eigenvalue weighted by molar-refractivity contribution is 7.15. The number of rotatable bonds is 5. The van der Waals surface area contributed by atoms with E-state index in [-0.39, 0.29) is 24.7 Å². The molecule has 0 aliphatic carbocycles. The first-order valence-electron chi connectivity index (χ1n) is 7.59. The van der Waals surface area contributed by atoms with E-state index in [1.54, 1.807) is 0 Å². The number of aromatic nitrogens is 2. The Morgan fingerprint density at radius 1 is 1.14 bits per heavy atom. The van der Waals surface area contributed by atoms with Gasteiger partial charge in [0.1, 0.15) is 5.01 Å². The molecule has 116 valence electrons. The Bertz CT molecular complexity index is 481. The lowest BCUT2D eigenvalue weighted by Gasteiger charge is -2.19. The lowest BCUT2D eigenvalue weighted by atomic mass is 10.2. The van der Waals surface area contributed by atoms with Gasteiger partial charge in [-0.25, -0.2) is 0 Å². The fourth-order valence-corrected chi connectivity index (χ4v) is 3.02. The first kappa shape index (κ1) is 15.9. The van der Waals surface area contributed by atoms with Gasteiger partial charge in [-0.1, -0.05) is 31.1 Å². The zero-order valence-corrected chi connectivity index (χ0v) is 13.2. The maximum Gasteiger partial charge on any atom is 0.226 e. The Labute approximate surface area is 128 Å². The minimum absolute atomic E-state index is 0.0820. The molecule has 21 heavy (non-hydrogen) atoms. The predicted molar refractivity (Wildman–Crippen MR) is 82.2 cm³/mol. The topological polar surface area (TPSA) is 75.2 Å². The van der Waals surface area contributed by atoms with Gasteiger partial charge < -0.3 is 10.2 Å². The molecule has 1 fully saturated rings. The van der Waals surface area contributed by atoms with Gasteiger partial charge in [-0.05, 0) is 19.3 Å². The normalized spacial score (nSPS) is 15.6. The van der Waals surface area contributed by atoms with E-state index >= 15 is 0 Å². The Hall–Kier alpha value is -1.50. The average Bonchev–Trinajstić information content (AvgIpc) is 2.76. The van der Waals surface area contributed by atoms with Crippen LogP contribution in [-0.2, 0) is 16.0 Å². The van der Waals surface area contributed by atoms with Crippen LogP contribution in [0.25, 0.3) is 0 Å². The van der Waals surface area contributed by atoms with Crippen LogP contribution in [0.1, 0.15) is 50.5 Å². The third kappa shape index (κ3) is 5.08. The number of hydrogen-bond acceptors (Lipinski definition) is 5. The zero-order valence-electron chi connectivity index (χ0n) is 12.4. The predicted octanol–water partition coefficient (Wildman–Crippen LogP) is 2.22. The molecule has 1 aromatic heterocycles. The van der Waals surface area contributed by atoms with Gasteiger partial charge in [0.2, 0.25) is 16.9 Å². The highest BCUT2D eigenvalue weighted by atomic mass is 32.1. The minimum Gasteiger partial charge on any atom is -0.343 e. The first-order valence-corrected chi connectivity index (χ1v) is 8.40. The Balaban J connectivity index is 1.73. The molecule has 2 amide bonds. The molecular weight excluding hydrogens is 288 g/mol. The van der Waals surface area contributed by atoms with Crippen molar-refractivity contribution in [3.63, 3.8) is 0 Å². The molecule has 1 saturated heterocycles. The lowest BCUT2D eigenvalue weighted by Crippen LogP contribution is -2.32. The summed E-state index contributed by atoms with van der Waals surface area (Å²) < 4.78 is 0. The quantitative estimate of drug-likeness (QED) is 0.905. The molecular formula is C14H22N4O2S. The van der Waals surface area contributed by atoms with Crippen LogP contribution in [0, 0.1) is 0 Å². The number of carbonyl (C=O) groups is 2. The van der Waals surface area contributed by atoms with Crippen LogP contribution in [0.2, 0.25) is 0 Å². The Morgan fingerprint density at radius 3 is 2.48 bits per heavy atom. The highest BCUT2D eigenvalue weighted by Crippen LogP contribution is 2.16. The van der Waals surface area contributed by atoms with Gasteiger partial charge in [-0.15, -0.1) is 10.2 Å². The molecule has 0 bridgehead atoms. The van der Waals surface area contributed by atoms with Gasteiger partial charge in [0.15, 0.2) is 0 Å². The molecule has 0 saturated carbocycles. The third-order valence-electron chi connectivity index (χ3n) is 3.54. The summed E-state index contributed by atoms with van der Waals surface area (Å²) in [5, 5.41) is 12.0. The minimum atomic E-state index is -0.169. The van der Waals surface area contributed by atoms with E-state index in [0.717, 1.165) is 37.4 Å². The largest absolute Gasteiger partial charge is 0.343 e. The number of likely N-dealkylation sites (tertiary alicyclic amines) is 1. The number of nitrogens with one attached hydrogen (secondary N) is 1. The summed E-state index contributed by atoms with van der Waals surface area (Å²) in [6, 6.07) is 0. The molecule has 7 heteroatoms. The highest BCUT2D eigenvalue weighted by Gasteiger charge is 2.17. The maximum absolute atomic E-state index is 12.1. The first-order chi connectivity index (χ1) is 10.2. The van der Waals surface area contributed by atoms with Crippen molar-refractivity contribution in [1.29, 1.82) is 0 Å². The van der Waals surface area contributed by atoms with Crippen molar-refractivity contribution in [2.75, 3.05) is 18.4 Å². The van der Waals surface area contributed by atoms with Crippen LogP contribution in [0.5, 0.6) is 0 Å². The van der Waals surface area contributed by atoms with Crippen LogP contribution in [0.4, 0.5) is 5.13 Å². The zero-order chi connectivity index (χ0) is 15.1. The third-order valence-corrected chi connectivity index (χ3v) is 4.52. The monoisotopic (exact) mass is 310 g/mol. The van der Waals surface area contributed by atoms with E-state index in [4.69, 9.17) is 0 Å². The van der Waals surface area contributed by atoms with Crippen molar-refractivity contribution in [3.8, 4) is 0 Å². The number of aryl methyl sites for hydroxylation is 1. The second-order valence-electron chi connectivity index (χ2n) is 5.20. The summed E-state index contributed by atoms with van der Waals surface area (Å²) in [5.74, 6) is -0.0875. The summed E-state index contributed by atoms with van der Waals surface area (Å²) in [4.78, 5) is 25.8. The molecule has 0 radical (unpaired) electrons. The maximum atomic E-state index is 12.1. The van der Waals surface area contributed by atoms with Gasteiger partial charge >= 0.3 is 0 Å². The van der Waals surface area contributed by atoms with E-state index in [0.29, 0.717) is 5.13 Å². The molecule has 1 N–H and O–H groups in total. The molecule has 1 aliphatic rings. The van der Waals surface area contributed by atoms with Crippen molar-refractivity contribution < 1.29 is 9.59 Å². The molecule has 0 aromatic carbocycles. The van der Waals surface area contributed by atoms with Crippen molar-refractivity contribution in [3.05, 3.63) is 5.01 Å². The number of anilines is 1. The van der Waals surface area contributed by atoms with E-state index in [9.17, 15) is 9.59 Å². The van der Waals surface area contributed by atoms with E-state index < -0.39 is 0 Å². The van der Waals surface area contributed by atoms with Crippen molar-refractivity contribution in [2.45, 2.75) is 51.9 Å². The summed E-state index contributed by atoms with van der Waals surface area (Å²) in [6.45, 7) is 3.65. The molecule has 2 heterocycles. The van der Waals surface area contributed by atoms with Gasteiger partial charge in [0.05, 0.1) is 0 Å². The molecule has 1 aliphatic heterocycles. The van der Waals surface area contributed by atoms with Gasteiger partial charge in [0.25, 0.3) is 0 Å². The van der Waals surface area contributed by atoms with Crippen molar-refractivity contribution in [2.24, 2.45) is 0 Å². The number of carbonyl (C=O) groups excluding carboxylic acids is 2. The van der Waals surface area contributed by atoms with E-state index in [1.165, 1.54) is 24.2 Å². The van der Waals surface area contributed by atoms with Crippen LogP contribution in [-0.4, -0.2) is 40.0 Å². The Morgan fingerprint density at radius 2 is 1.86 bits per heavy atom.